The van der Waals surface area contributed by atoms with Crippen LogP contribution in [0.2, 0.25) is 0 Å². The molecule has 6 nitrogen and oxygen atoms in total. The SMILES string of the molecule is O=C(O)c1cc(S(=O)(=O)NC(C2CC2)C2CC2)c(Br)o1. The Kier molecular flexibility index (Phi) is 3.42. The molecule has 0 unspecified atom stereocenters. The average molecular weight is 364 g/mol. The second-order valence-corrected chi connectivity index (χ2v) is 7.78. The number of rotatable bonds is 6. The zero-order valence-electron chi connectivity index (χ0n) is 10.5. The van der Waals surface area contributed by atoms with Crippen molar-refractivity contribution in [1.29, 1.82) is 0 Å². The first-order valence-electron chi connectivity index (χ1n) is 6.43. The smallest absolute Gasteiger partial charge is 0.371 e. The highest BCUT2D eigenvalue weighted by molar-refractivity contribution is 9.10. The molecule has 2 saturated carbocycles. The summed E-state index contributed by atoms with van der Waals surface area (Å²) >= 11 is 2.97. The van der Waals surface area contributed by atoms with Crippen molar-refractivity contribution < 1.29 is 22.7 Å². The van der Waals surface area contributed by atoms with Crippen LogP contribution in [0.4, 0.5) is 0 Å². The van der Waals surface area contributed by atoms with Crippen LogP contribution in [0, 0.1) is 11.8 Å². The molecular formula is C12H14BrNO5S. The van der Waals surface area contributed by atoms with Gasteiger partial charge in [0, 0.05) is 12.1 Å². The van der Waals surface area contributed by atoms with Crippen molar-refractivity contribution in [3.63, 3.8) is 0 Å². The summed E-state index contributed by atoms with van der Waals surface area (Å²) in [5.41, 5.74) is 0. The lowest BCUT2D eigenvalue weighted by molar-refractivity contribution is 0.0661. The molecule has 0 amide bonds. The van der Waals surface area contributed by atoms with Gasteiger partial charge in [-0.05, 0) is 53.4 Å². The molecule has 3 rings (SSSR count). The zero-order valence-corrected chi connectivity index (χ0v) is 12.9. The molecular weight excluding hydrogens is 350 g/mol. The lowest BCUT2D eigenvalue weighted by Gasteiger charge is -2.17. The van der Waals surface area contributed by atoms with Gasteiger partial charge in [-0.25, -0.2) is 17.9 Å². The third kappa shape index (κ3) is 2.77. The van der Waals surface area contributed by atoms with E-state index in [4.69, 9.17) is 9.52 Å². The zero-order chi connectivity index (χ0) is 14.5. The maximum Gasteiger partial charge on any atom is 0.371 e. The summed E-state index contributed by atoms with van der Waals surface area (Å²) in [6.45, 7) is 0. The van der Waals surface area contributed by atoms with Gasteiger partial charge in [-0.1, -0.05) is 0 Å². The number of sulfonamides is 1. The predicted molar refractivity (Wildman–Crippen MR) is 72.9 cm³/mol. The second kappa shape index (κ2) is 4.85. The van der Waals surface area contributed by atoms with Crippen LogP contribution in [0.15, 0.2) is 20.0 Å². The van der Waals surface area contributed by atoms with E-state index in [1.54, 1.807) is 0 Å². The van der Waals surface area contributed by atoms with Gasteiger partial charge in [0.25, 0.3) is 0 Å². The fourth-order valence-corrected chi connectivity index (χ4v) is 4.68. The lowest BCUT2D eigenvalue weighted by atomic mass is 10.1. The minimum absolute atomic E-state index is 0.0323. The van der Waals surface area contributed by atoms with E-state index in [0.717, 1.165) is 31.7 Å². The molecule has 0 aromatic carbocycles. The molecule has 1 heterocycles. The first-order chi connectivity index (χ1) is 9.38. The van der Waals surface area contributed by atoms with Gasteiger partial charge < -0.3 is 9.52 Å². The van der Waals surface area contributed by atoms with E-state index in [9.17, 15) is 13.2 Å². The van der Waals surface area contributed by atoms with Crippen LogP contribution in [0.3, 0.4) is 0 Å². The summed E-state index contributed by atoms with van der Waals surface area (Å²) in [4.78, 5) is 10.7. The number of halogens is 1. The number of furan rings is 1. The number of hydrogen-bond acceptors (Lipinski definition) is 4. The Morgan fingerprint density at radius 3 is 2.30 bits per heavy atom. The third-order valence-electron chi connectivity index (χ3n) is 3.71. The monoisotopic (exact) mass is 363 g/mol. The van der Waals surface area contributed by atoms with Crippen LogP contribution >= 0.6 is 15.9 Å². The van der Waals surface area contributed by atoms with Crippen molar-refractivity contribution in [3.8, 4) is 0 Å². The van der Waals surface area contributed by atoms with Crippen LogP contribution in [0.5, 0.6) is 0 Å². The number of carboxylic acids is 1. The topological polar surface area (TPSA) is 96.6 Å². The van der Waals surface area contributed by atoms with E-state index >= 15 is 0 Å². The maximum atomic E-state index is 12.4. The predicted octanol–water partition coefficient (Wildman–Crippen LogP) is 2.21. The Hall–Kier alpha value is -0.860. The van der Waals surface area contributed by atoms with Crippen molar-refractivity contribution in [2.75, 3.05) is 0 Å². The van der Waals surface area contributed by atoms with Crippen molar-refractivity contribution in [1.82, 2.24) is 4.72 Å². The van der Waals surface area contributed by atoms with Gasteiger partial charge in [0.1, 0.15) is 4.90 Å². The highest BCUT2D eigenvalue weighted by Crippen LogP contribution is 2.45. The van der Waals surface area contributed by atoms with Crippen molar-refractivity contribution in [2.24, 2.45) is 11.8 Å². The molecule has 1 aromatic rings. The van der Waals surface area contributed by atoms with E-state index in [1.807, 2.05) is 0 Å². The molecule has 20 heavy (non-hydrogen) atoms. The van der Waals surface area contributed by atoms with E-state index in [-0.39, 0.29) is 15.6 Å². The first-order valence-corrected chi connectivity index (χ1v) is 8.71. The van der Waals surface area contributed by atoms with Crippen LogP contribution in [0.1, 0.15) is 36.2 Å². The first kappa shape index (κ1) is 14.1. The van der Waals surface area contributed by atoms with Gasteiger partial charge in [-0.15, -0.1) is 0 Å². The van der Waals surface area contributed by atoms with E-state index < -0.39 is 21.8 Å². The number of aromatic carboxylic acids is 1. The number of carboxylic acid groups (broad SMARTS) is 1. The van der Waals surface area contributed by atoms with Crippen molar-refractivity contribution in [3.05, 3.63) is 16.5 Å². The number of hydrogen-bond donors (Lipinski definition) is 2. The van der Waals surface area contributed by atoms with Gasteiger partial charge in [0.05, 0.1) is 0 Å². The number of carbonyl (C=O) groups is 1. The Labute approximate surface area is 124 Å². The fraction of sp³-hybridized carbons (Fsp3) is 0.583. The quantitative estimate of drug-likeness (QED) is 0.807. The summed E-state index contributed by atoms with van der Waals surface area (Å²) in [5.74, 6) is -0.858. The molecule has 0 radical (unpaired) electrons. The normalized spacial score (nSPS) is 19.5. The molecule has 2 N–H and O–H groups in total. The largest absolute Gasteiger partial charge is 0.475 e. The van der Waals surface area contributed by atoms with Crippen LogP contribution < -0.4 is 4.72 Å². The van der Waals surface area contributed by atoms with Crippen LogP contribution in [0.25, 0.3) is 0 Å². The molecule has 2 fully saturated rings. The average Bonchev–Trinajstić information content (AvgIpc) is 3.24. The molecule has 110 valence electrons. The summed E-state index contributed by atoms with van der Waals surface area (Å²) in [6, 6.07) is 1.00. The molecule has 0 spiro atoms. The maximum absolute atomic E-state index is 12.4. The molecule has 1 aromatic heterocycles. The summed E-state index contributed by atoms with van der Waals surface area (Å²) < 4.78 is 32.3. The van der Waals surface area contributed by atoms with Gasteiger partial charge >= 0.3 is 5.97 Å². The minimum atomic E-state index is -3.77. The van der Waals surface area contributed by atoms with Gasteiger partial charge in [-0.3, -0.25) is 0 Å². The summed E-state index contributed by atoms with van der Waals surface area (Å²) in [5, 5.41) is 8.84. The number of nitrogens with one attached hydrogen (secondary N) is 1. The minimum Gasteiger partial charge on any atom is -0.475 e. The van der Waals surface area contributed by atoms with Crippen LogP contribution in [-0.2, 0) is 10.0 Å². The van der Waals surface area contributed by atoms with Gasteiger partial charge in [0.15, 0.2) is 4.67 Å². The van der Waals surface area contributed by atoms with E-state index in [0.29, 0.717) is 11.8 Å². The third-order valence-corrected chi connectivity index (χ3v) is 6.02. The Morgan fingerprint density at radius 1 is 1.35 bits per heavy atom. The Morgan fingerprint density at radius 2 is 1.90 bits per heavy atom. The summed E-state index contributed by atoms with van der Waals surface area (Å²) in [7, 11) is -3.77. The molecule has 0 atom stereocenters. The molecule has 0 saturated heterocycles. The van der Waals surface area contributed by atoms with Crippen molar-refractivity contribution in [2.45, 2.75) is 36.6 Å². The van der Waals surface area contributed by atoms with E-state index in [2.05, 4.69) is 20.7 Å². The molecule has 2 aliphatic rings. The lowest BCUT2D eigenvalue weighted by Crippen LogP contribution is -2.38. The van der Waals surface area contributed by atoms with Crippen LogP contribution in [-0.4, -0.2) is 25.5 Å². The van der Waals surface area contributed by atoms with Gasteiger partial charge in [0.2, 0.25) is 15.8 Å². The molecule has 8 heteroatoms. The Bertz CT molecular complexity index is 633. The summed E-state index contributed by atoms with van der Waals surface area (Å²) in [6.07, 6.45) is 4.21. The molecule has 0 bridgehead atoms. The standard InChI is InChI=1S/C12H14BrNO5S/c13-11-9(5-8(19-11)12(15)16)20(17,18)14-10(6-1-2-6)7-3-4-7/h5-7,10,14H,1-4H2,(H,15,16). The Balaban J connectivity index is 1.85. The fourth-order valence-electron chi connectivity index (χ4n) is 2.37. The van der Waals surface area contributed by atoms with E-state index in [1.165, 1.54) is 0 Å². The molecule has 0 aliphatic heterocycles. The van der Waals surface area contributed by atoms with Gasteiger partial charge in [-0.2, -0.15) is 0 Å². The second-order valence-electron chi connectivity index (χ2n) is 5.38. The highest BCUT2D eigenvalue weighted by Gasteiger charge is 2.44. The molecule has 2 aliphatic carbocycles. The highest BCUT2D eigenvalue weighted by atomic mass is 79.9. The van der Waals surface area contributed by atoms with Crippen molar-refractivity contribution >= 4 is 31.9 Å².